The Morgan fingerprint density at radius 2 is 1.71 bits per heavy atom. The van der Waals surface area contributed by atoms with E-state index in [1.807, 2.05) is 19.9 Å². The zero-order chi connectivity index (χ0) is 26.2. The summed E-state index contributed by atoms with van der Waals surface area (Å²) in [5.74, 6) is -1.22. The van der Waals surface area contributed by atoms with E-state index >= 15 is 0 Å². The Morgan fingerprint density at radius 1 is 1.06 bits per heavy atom. The van der Waals surface area contributed by atoms with Gasteiger partial charge in [-0.1, -0.05) is 50.1 Å². The van der Waals surface area contributed by atoms with Crippen LogP contribution in [-0.2, 0) is 26.2 Å². The van der Waals surface area contributed by atoms with E-state index in [1.165, 1.54) is 17.0 Å². The van der Waals surface area contributed by atoms with Gasteiger partial charge in [0.15, 0.2) is 0 Å². The number of carbonyl (C=O) groups excluding carboxylic acids is 2. The Kier molecular flexibility index (Phi) is 10.2. The summed E-state index contributed by atoms with van der Waals surface area (Å²) in [7, 11) is -3.79. The van der Waals surface area contributed by atoms with Gasteiger partial charge in [-0.3, -0.25) is 13.9 Å². The number of nitrogens with zero attached hydrogens (tertiary/aromatic N) is 2. The van der Waals surface area contributed by atoms with E-state index in [-0.39, 0.29) is 12.5 Å². The molecule has 2 aromatic rings. The highest BCUT2D eigenvalue weighted by molar-refractivity contribution is 7.92. The number of anilines is 1. The van der Waals surface area contributed by atoms with Gasteiger partial charge in [0.2, 0.25) is 21.8 Å². The first-order valence-electron chi connectivity index (χ1n) is 11.8. The molecule has 192 valence electrons. The fraction of sp³-hybridized carbons (Fsp3) is 0.462. The third-order valence-corrected chi connectivity index (χ3v) is 6.91. The molecule has 2 rings (SSSR count). The number of unbranched alkanes of at least 4 members (excludes halogenated alkanes) is 1. The maximum absolute atomic E-state index is 13.6. The van der Waals surface area contributed by atoms with Gasteiger partial charge in [-0.2, -0.15) is 0 Å². The van der Waals surface area contributed by atoms with E-state index < -0.39 is 34.3 Å². The molecule has 0 aromatic heterocycles. The van der Waals surface area contributed by atoms with Gasteiger partial charge in [-0.15, -0.1) is 0 Å². The second kappa shape index (κ2) is 12.7. The van der Waals surface area contributed by atoms with Crippen LogP contribution in [0.25, 0.3) is 0 Å². The summed E-state index contributed by atoms with van der Waals surface area (Å²) in [6.45, 7) is 7.58. The van der Waals surface area contributed by atoms with Gasteiger partial charge in [-0.05, 0) is 56.0 Å². The van der Waals surface area contributed by atoms with Crippen molar-refractivity contribution in [2.24, 2.45) is 0 Å². The molecule has 0 saturated carbocycles. The summed E-state index contributed by atoms with van der Waals surface area (Å²) in [4.78, 5) is 28.0. The summed E-state index contributed by atoms with van der Waals surface area (Å²) in [5.41, 5.74) is 2.74. The van der Waals surface area contributed by atoms with Crippen LogP contribution in [0.4, 0.5) is 10.1 Å². The number of benzene rings is 2. The Balaban J connectivity index is 2.42. The summed E-state index contributed by atoms with van der Waals surface area (Å²) in [6, 6.07) is 10.2. The van der Waals surface area contributed by atoms with E-state index in [2.05, 4.69) is 5.32 Å². The van der Waals surface area contributed by atoms with Crippen molar-refractivity contribution in [3.63, 3.8) is 0 Å². The number of hydrogen-bond acceptors (Lipinski definition) is 4. The number of amides is 2. The minimum absolute atomic E-state index is 0.0449. The molecule has 0 radical (unpaired) electrons. The summed E-state index contributed by atoms with van der Waals surface area (Å²) < 4.78 is 39.9. The molecule has 0 saturated heterocycles. The molecule has 1 N–H and O–H groups in total. The molecule has 2 amide bonds. The lowest BCUT2D eigenvalue weighted by Gasteiger charge is -2.33. The molecule has 0 fully saturated rings. The van der Waals surface area contributed by atoms with Crippen molar-refractivity contribution in [1.29, 1.82) is 0 Å². The molecule has 0 aliphatic heterocycles. The number of carbonyl (C=O) groups is 2. The molecule has 0 unspecified atom stereocenters. The average Bonchev–Trinajstić information content (AvgIpc) is 2.78. The van der Waals surface area contributed by atoms with Gasteiger partial charge in [0, 0.05) is 13.1 Å². The highest BCUT2D eigenvalue weighted by atomic mass is 32.2. The highest BCUT2D eigenvalue weighted by Crippen LogP contribution is 2.24. The Labute approximate surface area is 208 Å². The molecule has 7 nitrogen and oxygen atoms in total. The number of nitrogens with one attached hydrogen (secondary N) is 1. The highest BCUT2D eigenvalue weighted by Gasteiger charge is 2.32. The van der Waals surface area contributed by atoms with Crippen molar-refractivity contribution < 1.29 is 22.4 Å². The first-order chi connectivity index (χ1) is 16.5. The van der Waals surface area contributed by atoms with E-state index in [4.69, 9.17) is 0 Å². The van der Waals surface area contributed by atoms with Crippen LogP contribution in [0.3, 0.4) is 0 Å². The second-order valence-electron chi connectivity index (χ2n) is 8.78. The molecule has 9 heteroatoms. The van der Waals surface area contributed by atoms with Crippen LogP contribution in [-0.4, -0.2) is 50.5 Å². The van der Waals surface area contributed by atoms with Crippen LogP contribution in [0.2, 0.25) is 0 Å². The lowest BCUT2D eigenvalue weighted by molar-refractivity contribution is -0.140. The minimum Gasteiger partial charge on any atom is -0.354 e. The van der Waals surface area contributed by atoms with Crippen molar-refractivity contribution in [2.75, 3.05) is 23.7 Å². The maximum Gasteiger partial charge on any atom is 0.244 e. The number of aryl methyl sites for hydroxylation is 2. The molecule has 35 heavy (non-hydrogen) atoms. The normalized spacial score (nSPS) is 12.2. The maximum atomic E-state index is 13.6. The standard InChI is InChI=1S/C26H36FN3O4S/c1-6-8-15-28-26(32)23(7-2)29(17-21-10-12-22(27)13-11-21)25(31)18-30(35(5,33)34)24-14-9-19(3)16-20(24)4/h9-14,16,23H,6-8,15,17-18H2,1-5H3,(H,28,32)/t23-/m0/s1. The Hall–Kier alpha value is -2.94. The molecule has 0 spiro atoms. The molecule has 0 aliphatic rings. The first kappa shape index (κ1) is 28.3. The quantitative estimate of drug-likeness (QED) is 0.443. The summed E-state index contributed by atoms with van der Waals surface area (Å²) in [5, 5.41) is 2.87. The van der Waals surface area contributed by atoms with E-state index in [9.17, 15) is 22.4 Å². The van der Waals surface area contributed by atoms with Crippen molar-refractivity contribution in [2.45, 2.75) is 59.5 Å². The fourth-order valence-corrected chi connectivity index (χ4v) is 4.80. The first-order valence-corrected chi connectivity index (χ1v) is 13.7. The van der Waals surface area contributed by atoms with Crippen molar-refractivity contribution in [3.8, 4) is 0 Å². The lowest BCUT2D eigenvalue weighted by Crippen LogP contribution is -2.52. The number of rotatable bonds is 12. The number of hydrogen-bond donors (Lipinski definition) is 1. The van der Waals surface area contributed by atoms with E-state index in [0.29, 0.717) is 24.2 Å². The Morgan fingerprint density at radius 3 is 2.26 bits per heavy atom. The second-order valence-corrected chi connectivity index (χ2v) is 10.7. The predicted octanol–water partition coefficient (Wildman–Crippen LogP) is 3.93. The molecule has 2 aromatic carbocycles. The third-order valence-electron chi connectivity index (χ3n) is 5.78. The minimum atomic E-state index is -3.79. The largest absolute Gasteiger partial charge is 0.354 e. The molecule has 0 heterocycles. The molecule has 1 atom stereocenters. The third kappa shape index (κ3) is 8.06. The predicted molar refractivity (Wildman–Crippen MR) is 137 cm³/mol. The fourth-order valence-electron chi connectivity index (χ4n) is 3.89. The SMILES string of the molecule is CCCCNC(=O)[C@H](CC)N(Cc1ccc(F)cc1)C(=O)CN(c1ccc(C)cc1C)S(C)(=O)=O. The van der Waals surface area contributed by atoms with Crippen molar-refractivity contribution in [1.82, 2.24) is 10.2 Å². The average molecular weight is 506 g/mol. The van der Waals surface area contributed by atoms with Gasteiger partial charge in [0.25, 0.3) is 0 Å². The van der Waals surface area contributed by atoms with Crippen LogP contribution in [0, 0.1) is 19.7 Å². The van der Waals surface area contributed by atoms with Crippen molar-refractivity contribution in [3.05, 3.63) is 65.0 Å². The van der Waals surface area contributed by atoms with Crippen LogP contribution in [0.15, 0.2) is 42.5 Å². The van der Waals surface area contributed by atoms with Gasteiger partial charge in [0.05, 0.1) is 11.9 Å². The van der Waals surface area contributed by atoms with Gasteiger partial charge in [0.1, 0.15) is 18.4 Å². The molecular formula is C26H36FN3O4S. The van der Waals surface area contributed by atoms with Gasteiger partial charge < -0.3 is 10.2 Å². The topological polar surface area (TPSA) is 86.8 Å². The van der Waals surface area contributed by atoms with Crippen LogP contribution in [0.5, 0.6) is 0 Å². The monoisotopic (exact) mass is 505 g/mol. The molecule has 0 bridgehead atoms. The van der Waals surface area contributed by atoms with Crippen LogP contribution >= 0.6 is 0 Å². The van der Waals surface area contributed by atoms with E-state index in [1.54, 1.807) is 38.1 Å². The van der Waals surface area contributed by atoms with Crippen LogP contribution in [0.1, 0.15) is 49.8 Å². The van der Waals surface area contributed by atoms with Crippen LogP contribution < -0.4 is 9.62 Å². The zero-order valence-electron chi connectivity index (χ0n) is 21.2. The van der Waals surface area contributed by atoms with E-state index in [0.717, 1.165) is 34.5 Å². The molecule has 0 aliphatic carbocycles. The van der Waals surface area contributed by atoms with Crippen molar-refractivity contribution >= 4 is 27.5 Å². The summed E-state index contributed by atoms with van der Waals surface area (Å²) >= 11 is 0. The number of halogens is 1. The Bertz CT molecular complexity index is 1120. The van der Waals surface area contributed by atoms with Gasteiger partial charge >= 0.3 is 0 Å². The van der Waals surface area contributed by atoms with Gasteiger partial charge in [-0.25, -0.2) is 12.8 Å². The molecular weight excluding hydrogens is 469 g/mol. The summed E-state index contributed by atoms with van der Waals surface area (Å²) in [6.07, 6.45) is 3.11. The number of sulfonamides is 1. The lowest BCUT2D eigenvalue weighted by atomic mass is 10.1. The zero-order valence-corrected chi connectivity index (χ0v) is 22.0. The smallest absolute Gasteiger partial charge is 0.244 e.